The largest absolute Gasteiger partial charge is 0.493 e. The summed E-state index contributed by atoms with van der Waals surface area (Å²) in [5, 5.41) is 15.5. The summed E-state index contributed by atoms with van der Waals surface area (Å²) >= 11 is 6.58. The molecule has 4 rings (SSSR count). The van der Waals surface area contributed by atoms with Crippen molar-refractivity contribution in [2.24, 2.45) is 0 Å². The topological polar surface area (TPSA) is 123 Å². The fourth-order valence-corrected chi connectivity index (χ4v) is 4.54. The summed E-state index contributed by atoms with van der Waals surface area (Å²) < 4.78 is 7.86. The molecule has 1 fully saturated rings. The summed E-state index contributed by atoms with van der Waals surface area (Å²) in [6, 6.07) is 3.68. The molecule has 0 aliphatic carbocycles. The van der Waals surface area contributed by atoms with Crippen LogP contribution in [0.15, 0.2) is 12.4 Å². The highest BCUT2D eigenvalue weighted by Gasteiger charge is 2.36. The average Bonchev–Trinajstić information content (AvgIpc) is 3.05. The van der Waals surface area contributed by atoms with E-state index in [9.17, 15) is 10.1 Å². The zero-order valence-corrected chi connectivity index (χ0v) is 19.1. The molecule has 1 aliphatic heterocycles. The van der Waals surface area contributed by atoms with E-state index in [0.717, 1.165) is 16.8 Å². The van der Waals surface area contributed by atoms with Crippen molar-refractivity contribution in [1.29, 1.82) is 5.26 Å². The van der Waals surface area contributed by atoms with Gasteiger partial charge in [0.1, 0.15) is 24.0 Å². The molecule has 166 valence electrons. The SMILES string of the molecule is CCOc1c(C(C)n2nc(C)c3c(N)ncnc32)cc(Cl)c(C#N)c1C1CN(C(C)=O)C1. The summed E-state index contributed by atoms with van der Waals surface area (Å²) in [6.45, 7) is 8.71. The van der Waals surface area contributed by atoms with Crippen molar-refractivity contribution in [2.45, 2.75) is 39.7 Å². The van der Waals surface area contributed by atoms with E-state index in [2.05, 4.69) is 21.1 Å². The number of halogens is 1. The molecule has 0 spiro atoms. The van der Waals surface area contributed by atoms with Gasteiger partial charge in [0.15, 0.2) is 5.65 Å². The number of benzene rings is 1. The van der Waals surface area contributed by atoms with Crippen molar-refractivity contribution in [2.75, 3.05) is 25.4 Å². The number of fused-ring (bicyclic) bond motifs is 1. The predicted molar refractivity (Wildman–Crippen MR) is 121 cm³/mol. The Morgan fingerprint density at radius 2 is 2.16 bits per heavy atom. The lowest BCUT2D eigenvalue weighted by atomic mass is 9.85. The van der Waals surface area contributed by atoms with Gasteiger partial charge in [0.2, 0.25) is 5.91 Å². The molecule has 0 radical (unpaired) electrons. The van der Waals surface area contributed by atoms with Gasteiger partial charge in [0, 0.05) is 37.1 Å². The van der Waals surface area contributed by atoms with Crippen LogP contribution in [0.1, 0.15) is 55.1 Å². The van der Waals surface area contributed by atoms with Crippen molar-refractivity contribution in [1.82, 2.24) is 24.6 Å². The van der Waals surface area contributed by atoms with E-state index in [1.165, 1.54) is 13.3 Å². The first-order valence-electron chi connectivity index (χ1n) is 10.4. The normalized spacial score (nSPS) is 14.8. The third-order valence-corrected chi connectivity index (χ3v) is 6.24. The molecule has 2 aromatic heterocycles. The Morgan fingerprint density at radius 1 is 1.44 bits per heavy atom. The predicted octanol–water partition coefficient (Wildman–Crippen LogP) is 3.20. The molecular formula is C22H24ClN7O2. The van der Waals surface area contributed by atoms with Crippen molar-refractivity contribution in [3.8, 4) is 11.8 Å². The summed E-state index contributed by atoms with van der Waals surface area (Å²) in [5.74, 6) is 0.948. The number of aromatic nitrogens is 4. The molecule has 2 N–H and O–H groups in total. The highest BCUT2D eigenvalue weighted by molar-refractivity contribution is 6.32. The van der Waals surface area contributed by atoms with E-state index >= 15 is 0 Å². The third-order valence-electron chi connectivity index (χ3n) is 5.94. The number of nitriles is 1. The minimum absolute atomic E-state index is 0.00379. The van der Waals surface area contributed by atoms with Gasteiger partial charge in [-0.3, -0.25) is 4.79 Å². The van der Waals surface area contributed by atoms with Crippen molar-refractivity contribution in [3.05, 3.63) is 39.8 Å². The summed E-state index contributed by atoms with van der Waals surface area (Å²) in [4.78, 5) is 21.9. The van der Waals surface area contributed by atoms with Gasteiger partial charge in [-0.1, -0.05) is 11.6 Å². The van der Waals surface area contributed by atoms with Gasteiger partial charge in [0.25, 0.3) is 0 Å². The van der Waals surface area contributed by atoms with E-state index < -0.39 is 0 Å². The Balaban J connectivity index is 1.89. The number of ether oxygens (including phenoxy) is 1. The van der Waals surface area contributed by atoms with Crippen LogP contribution in [-0.4, -0.2) is 50.3 Å². The van der Waals surface area contributed by atoms with Crippen molar-refractivity contribution >= 4 is 34.4 Å². The molecule has 10 heteroatoms. The number of hydrogen-bond donors (Lipinski definition) is 1. The van der Waals surface area contributed by atoms with Crippen LogP contribution < -0.4 is 10.5 Å². The second-order valence-corrected chi connectivity index (χ2v) is 8.30. The molecule has 32 heavy (non-hydrogen) atoms. The summed E-state index contributed by atoms with van der Waals surface area (Å²) in [5.41, 5.74) is 9.30. The molecule has 1 atom stereocenters. The Morgan fingerprint density at radius 3 is 2.78 bits per heavy atom. The lowest BCUT2D eigenvalue weighted by Crippen LogP contribution is -2.47. The van der Waals surface area contributed by atoms with Gasteiger partial charge in [-0.05, 0) is 26.8 Å². The maximum Gasteiger partial charge on any atom is 0.219 e. The summed E-state index contributed by atoms with van der Waals surface area (Å²) in [6.07, 6.45) is 1.41. The van der Waals surface area contributed by atoms with Gasteiger partial charge in [-0.25, -0.2) is 14.6 Å². The van der Waals surface area contributed by atoms with Crippen LogP contribution in [0, 0.1) is 18.3 Å². The summed E-state index contributed by atoms with van der Waals surface area (Å²) in [7, 11) is 0. The molecule has 9 nitrogen and oxygen atoms in total. The number of nitrogens with two attached hydrogens (primary N) is 1. The van der Waals surface area contributed by atoms with E-state index in [0.29, 0.717) is 52.9 Å². The highest BCUT2D eigenvalue weighted by Crippen LogP contribution is 2.44. The number of amides is 1. The first kappa shape index (κ1) is 21.8. The molecule has 3 heterocycles. The molecule has 1 amide bonds. The molecule has 0 bridgehead atoms. The molecule has 3 aromatic rings. The number of aryl methyl sites for hydroxylation is 1. The number of nitrogens with zero attached hydrogens (tertiary/aromatic N) is 6. The molecule has 1 aliphatic rings. The maximum atomic E-state index is 11.7. The standard InChI is InChI=1S/C22H24ClN7O2/c1-5-32-20-15(12(3)30-22-18(11(2)28-30)21(25)26-10-27-22)6-17(23)16(7-24)19(20)14-8-29(9-14)13(4)31/h6,10,12,14H,5,8-9H2,1-4H3,(H2,25,26,27). The van der Waals surface area contributed by atoms with Gasteiger partial charge in [0.05, 0.1) is 34.3 Å². The number of hydrogen-bond acceptors (Lipinski definition) is 7. The molecule has 1 aromatic carbocycles. The fourth-order valence-electron chi connectivity index (χ4n) is 4.28. The van der Waals surface area contributed by atoms with E-state index in [-0.39, 0.29) is 17.9 Å². The minimum atomic E-state index is -0.310. The van der Waals surface area contributed by atoms with E-state index in [1.807, 2.05) is 20.8 Å². The maximum absolute atomic E-state index is 11.7. The van der Waals surface area contributed by atoms with Crippen LogP contribution >= 0.6 is 11.6 Å². The van der Waals surface area contributed by atoms with Gasteiger partial charge < -0.3 is 15.4 Å². The molecule has 1 unspecified atom stereocenters. The lowest BCUT2D eigenvalue weighted by Gasteiger charge is -2.40. The first-order chi connectivity index (χ1) is 15.3. The average molecular weight is 454 g/mol. The highest BCUT2D eigenvalue weighted by atomic mass is 35.5. The Kier molecular flexibility index (Phi) is 5.65. The second-order valence-electron chi connectivity index (χ2n) is 7.89. The van der Waals surface area contributed by atoms with E-state index in [4.69, 9.17) is 22.1 Å². The monoisotopic (exact) mass is 453 g/mol. The number of rotatable bonds is 5. The molecule has 1 saturated heterocycles. The number of anilines is 1. The zero-order valence-electron chi connectivity index (χ0n) is 18.4. The number of nitrogen functional groups attached to an aromatic ring is 1. The quantitative estimate of drug-likeness (QED) is 0.629. The van der Waals surface area contributed by atoms with Gasteiger partial charge >= 0.3 is 0 Å². The van der Waals surface area contributed by atoms with Crippen LogP contribution in [-0.2, 0) is 4.79 Å². The number of likely N-dealkylation sites (tertiary alicyclic amines) is 1. The van der Waals surface area contributed by atoms with Gasteiger partial charge in [-0.15, -0.1) is 0 Å². The molecular weight excluding hydrogens is 430 g/mol. The Hall–Kier alpha value is -3.38. The van der Waals surface area contributed by atoms with Gasteiger partial charge in [-0.2, -0.15) is 10.4 Å². The smallest absolute Gasteiger partial charge is 0.219 e. The first-order valence-corrected chi connectivity index (χ1v) is 10.8. The number of carbonyl (C=O) groups is 1. The fraction of sp³-hybridized carbons (Fsp3) is 0.409. The van der Waals surface area contributed by atoms with Crippen LogP contribution in [0.3, 0.4) is 0 Å². The number of carbonyl (C=O) groups excluding carboxylic acids is 1. The Labute approximate surface area is 190 Å². The van der Waals surface area contributed by atoms with E-state index in [1.54, 1.807) is 15.6 Å². The van der Waals surface area contributed by atoms with Crippen molar-refractivity contribution in [3.63, 3.8) is 0 Å². The van der Waals surface area contributed by atoms with Crippen LogP contribution in [0.2, 0.25) is 5.02 Å². The van der Waals surface area contributed by atoms with Crippen molar-refractivity contribution < 1.29 is 9.53 Å². The molecule has 0 saturated carbocycles. The minimum Gasteiger partial charge on any atom is -0.493 e. The lowest BCUT2D eigenvalue weighted by molar-refractivity contribution is -0.133. The van der Waals surface area contributed by atoms with Crippen LogP contribution in [0.5, 0.6) is 5.75 Å². The zero-order chi connectivity index (χ0) is 23.2. The van der Waals surface area contributed by atoms with Crippen LogP contribution in [0.25, 0.3) is 11.0 Å². The Bertz CT molecular complexity index is 1260. The second kappa shape index (κ2) is 8.28. The third kappa shape index (κ3) is 3.41. The van der Waals surface area contributed by atoms with Crippen LogP contribution in [0.4, 0.5) is 5.82 Å².